The van der Waals surface area contributed by atoms with Crippen LogP contribution in [0, 0.1) is 19.8 Å². The molecule has 2 heteroatoms. The number of hydrogen-bond donors (Lipinski definition) is 1. The van der Waals surface area contributed by atoms with Gasteiger partial charge in [0, 0.05) is 18.7 Å². The van der Waals surface area contributed by atoms with Gasteiger partial charge in [-0.3, -0.25) is 0 Å². The van der Waals surface area contributed by atoms with Crippen molar-refractivity contribution in [2.45, 2.75) is 33.2 Å². The number of rotatable bonds is 4. The fraction of sp³-hybridized carbons (Fsp3) is 0.571. The highest BCUT2D eigenvalue weighted by Gasteiger charge is 2.23. The summed E-state index contributed by atoms with van der Waals surface area (Å²) in [5.41, 5.74) is 3.46. The lowest BCUT2D eigenvalue weighted by Gasteiger charge is -2.18. The van der Waals surface area contributed by atoms with Crippen molar-refractivity contribution in [2.75, 3.05) is 13.6 Å². The van der Waals surface area contributed by atoms with Crippen LogP contribution in [0.3, 0.4) is 0 Å². The van der Waals surface area contributed by atoms with Gasteiger partial charge in [0.1, 0.15) is 5.75 Å². The van der Waals surface area contributed by atoms with Gasteiger partial charge in [0.15, 0.2) is 0 Å². The molecule has 0 amide bonds. The Bertz CT molecular complexity index is 383. The van der Waals surface area contributed by atoms with Crippen LogP contribution in [0.15, 0.2) is 12.1 Å². The Kier molecular flexibility index (Phi) is 3.20. The van der Waals surface area contributed by atoms with Crippen LogP contribution in [0.5, 0.6) is 5.75 Å². The topological polar surface area (TPSA) is 23.5 Å². The van der Waals surface area contributed by atoms with Crippen LogP contribution < -0.4 is 0 Å². The van der Waals surface area contributed by atoms with Crippen molar-refractivity contribution in [2.24, 2.45) is 5.92 Å². The van der Waals surface area contributed by atoms with E-state index in [0.29, 0.717) is 5.75 Å². The monoisotopic (exact) mass is 219 g/mol. The minimum absolute atomic E-state index is 0.436. The molecule has 1 N–H and O–H groups in total. The van der Waals surface area contributed by atoms with E-state index in [9.17, 15) is 5.11 Å². The van der Waals surface area contributed by atoms with Gasteiger partial charge in [0.2, 0.25) is 0 Å². The lowest BCUT2D eigenvalue weighted by molar-refractivity contribution is 0.307. The molecule has 2 nitrogen and oxygen atoms in total. The molecule has 1 aromatic carbocycles. The molecule has 0 saturated heterocycles. The molecule has 1 saturated carbocycles. The van der Waals surface area contributed by atoms with E-state index in [-0.39, 0.29) is 0 Å². The van der Waals surface area contributed by atoms with Gasteiger partial charge >= 0.3 is 0 Å². The van der Waals surface area contributed by atoms with E-state index in [1.165, 1.54) is 18.4 Å². The number of aromatic hydroxyl groups is 1. The molecule has 0 radical (unpaired) electrons. The molecule has 0 bridgehead atoms. The molecule has 1 aliphatic carbocycles. The Morgan fingerprint density at radius 2 is 1.88 bits per heavy atom. The molecule has 0 unspecified atom stereocenters. The number of aryl methyl sites for hydroxylation is 2. The van der Waals surface area contributed by atoms with E-state index in [4.69, 9.17) is 0 Å². The van der Waals surface area contributed by atoms with Crippen molar-refractivity contribution in [1.29, 1.82) is 0 Å². The maximum atomic E-state index is 9.89. The molecule has 0 aromatic heterocycles. The third kappa shape index (κ3) is 2.76. The van der Waals surface area contributed by atoms with Gasteiger partial charge in [-0.1, -0.05) is 6.07 Å². The number of phenols is 1. The quantitative estimate of drug-likeness (QED) is 0.841. The highest BCUT2D eigenvalue weighted by Crippen LogP contribution is 2.30. The highest BCUT2D eigenvalue weighted by atomic mass is 16.3. The number of nitrogens with zero attached hydrogens (tertiary/aromatic N) is 1. The van der Waals surface area contributed by atoms with Crippen LogP contribution >= 0.6 is 0 Å². The lowest BCUT2D eigenvalue weighted by Crippen LogP contribution is -2.20. The smallest absolute Gasteiger partial charge is 0.120 e. The van der Waals surface area contributed by atoms with E-state index >= 15 is 0 Å². The average Bonchev–Trinajstić information content (AvgIpc) is 2.98. The van der Waals surface area contributed by atoms with Crippen LogP contribution in [0.4, 0.5) is 0 Å². The maximum Gasteiger partial charge on any atom is 0.120 e. The molecular formula is C14H21NO. The van der Waals surface area contributed by atoms with Crippen LogP contribution in [-0.4, -0.2) is 23.6 Å². The van der Waals surface area contributed by atoms with Crippen LogP contribution in [-0.2, 0) is 6.54 Å². The van der Waals surface area contributed by atoms with E-state index in [1.54, 1.807) is 0 Å². The minimum atomic E-state index is 0.436. The zero-order valence-electron chi connectivity index (χ0n) is 10.5. The molecule has 1 aliphatic rings. The second kappa shape index (κ2) is 4.46. The van der Waals surface area contributed by atoms with Crippen molar-refractivity contribution in [3.05, 3.63) is 28.8 Å². The summed E-state index contributed by atoms with van der Waals surface area (Å²) in [6.07, 6.45) is 2.76. The standard InChI is InChI=1S/C14H21NO/c1-10-6-13(14(16)7-11(10)2)9-15(3)8-12-4-5-12/h6-7,12,16H,4-5,8-9H2,1-3H3. The first-order valence-corrected chi connectivity index (χ1v) is 6.04. The van der Waals surface area contributed by atoms with Crippen molar-refractivity contribution < 1.29 is 5.11 Å². The van der Waals surface area contributed by atoms with Gasteiger partial charge < -0.3 is 10.0 Å². The van der Waals surface area contributed by atoms with E-state index < -0.39 is 0 Å². The predicted octanol–water partition coefficient (Wildman–Crippen LogP) is 2.85. The predicted molar refractivity (Wildman–Crippen MR) is 66.6 cm³/mol. The molecule has 2 rings (SSSR count). The van der Waals surface area contributed by atoms with Crippen LogP contribution in [0.2, 0.25) is 0 Å². The minimum Gasteiger partial charge on any atom is -0.508 e. The summed E-state index contributed by atoms with van der Waals surface area (Å²) >= 11 is 0. The van der Waals surface area contributed by atoms with Crippen molar-refractivity contribution in [3.63, 3.8) is 0 Å². The Morgan fingerprint density at radius 3 is 2.50 bits per heavy atom. The normalized spacial score (nSPS) is 15.8. The second-order valence-electron chi connectivity index (χ2n) is 5.21. The third-order valence-electron chi connectivity index (χ3n) is 3.40. The van der Waals surface area contributed by atoms with E-state index in [2.05, 4.69) is 24.9 Å². The molecule has 1 fully saturated rings. The first-order valence-electron chi connectivity index (χ1n) is 6.04. The van der Waals surface area contributed by atoms with Gasteiger partial charge in [0.25, 0.3) is 0 Å². The molecule has 0 spiro atoms. The van der Waals surface area contributed by atoms with E-state index in [0.717, 1.165) is 30.1 Å². The molecule has 0 aliphatic heterocycles. The Hall–Kier alpha value is -1.02. The fourth-order valence-corrected chi connectivity index (χ4v) is 2.08. The fourth-order valence-electron chi connectivity index (χ4n) is 2.08. The lowest BCUT2D eigenvalue weighted by atomic mass is 10.0. The van der Waals surface area contributed by atoms with E-state index in [1.807, 2.05) is 13.0 Å². The molecular weight excluding hydrogens is 198 g/mol. The Morgan fingerprint density at radius 1 is 1.25 bits per heavy atom. The van der Waals surface area contributed by atoms with Crippen molar-refractivity contribution in [1.82, 2.24) is 4.90 Å². The van der Waals surface area contributed by atoms with Crippen LogP contribution in [0.25, 0.3) is 0 Å². The maximum absolute atomic E-state index is 9.89. The number of benzene rings is 1. The molecule has 0 atom stereocenters. The van der Waals surface area contributed by atoms with Gasteiger partial charge in [0.05, 0.1) is 0 Å². The molecule has 1 aromatic rings. The van der Waals surface area contributed by atoms with Crippen molar-refractivity contribution in [3.8, 4) is 5.75 Å². The first-order chi connectivity index (χ1) is 7.56. The number of hydrogen-bond acceptors (Lipinski definition) is 2. The summed E-state index contributed by atoms with van der Waals surface area (Å²) in [4.78, 5) is 2.31. The van der Waals surface area contributed by atoms with Gasteiger partial charge in [-0.25, -0.2) is 0 Å². The summed E-state index contributed by atoms with van der Waals surface area (Å²) in [5, 5.41) is 9.89. The first kappa shape index (κ1) is 11.5. The SMILES string of the molecule is Cc1cc(O)c(CN(C)CC2CC2)cc1C. The molecule has 16 heavy (non-hydrogen) atoms. The highest BCUT2D eigenvalue weighted by molar-refractivity contribution is 5.40. The van der Waals surface area contributed by atoms with Crippen molar-refractivity contribution >= 4 is 0 Å². The Labute approximate surface area is 97.9 Å². The summed E-state index contributed by atoms with van der Waals surface area (Å²) in [6.45, 7) is 6.14. The van der Waals surface area contributed by atoms with Gasteiger partial charge in [-0.05, 0) is 56.8 Å². The summed E-state index contributed by atoms with van der Waals surface area (Å²) in [6, 6.07) is 3.98. The summed E-state index contributed by atoms with van der Waals surface area (Å²) in [5.74, 6) is 1.34. The largest absolute Gasteiger partial charge is 0.508 e. The Balaban J connectivity index is 2.04. The third-order valence-corrected chi connectivity index (χ3v) is 3.40. The average molecular weight is 219 g/mol. The summed E-state index contributed by atoms with van der Waals surface area (Å²) in [7, 11) is 2.13. The zero-order chi connectivity index (χ0) is 11.7. The second-order valence-corrected chi connectivity index (χ2v) is 5.21. The van der Waals surface area contributed by atoms with Crippen LogP contribution in [0.1, 0.15) is 29.5 Å². The van der Waals surface area contributed by atoms with Gasteiger partial charge in [-0.2, -0.15) is 0 Å². The van der Waals surface area contributed by atoms with Gasteiger partial charge in [-0.15, -0.1) is 0 Å². The zero-order valence-corrected chi connectivity index (χ0v) is 10.5. The summed E-state index contributed by atoms with van der Waals surface area (Å²) < 4.78 is 0. The molecule has 88 valence electrons. The number of phenolic OH excluding ortho intramolecular Hbond substituents is 1. The molecule has 0 heterocycles.